The molecule has 0 aliphatic carbocycles. The fourth-order valence-corrected chi connectivity index (χ4v) is 1.51. The summed E-state index contributed by atoms with van der Waals surface area (Å²) in [6.45, 7) is 4.86. The van der Waals surface area contributed by atoms with Crippen LogP contribution in [0.25, 0.3) is 0 Å². The number of esters is 2. The highest BCUT2D eigenvalue weighted by Crippen LogP contribution is 2.22. The van der Waals surface area contributed by atoms with Gasteiger partial charge in [-0.3, -0.25) is 0 Å². The van der Waals surface area contributed by atoms with E-state index in [1.165, 1.54) is 6.92 Å². The van der Waals surface area contributed by atoms with Crippen molar-refractivity contribution in [1.29, 1.82) is 0 Å². The molecule has 0 aliphatic heterocycles. The van der Waals surface area contributed by atoms with Crippen molar-refractivity contribution in [2.75, 3.05) is 20.3 Å². The predicted octanol–water partition coefficient (Wildman–Crippen LogP) is 2.66. The predicted molar refractivity (Wildman–Crippen MR) is 79.2 cm³/mol. The Labute approximate surface area is 129 Å². The van der Waals surface area contributed by atoms with E-state index in [0.29, 0.717) is 11.4 Å². The zero-order valence-electron chi connectivity index (χ0n) is 13.2. The van der Waals surface area contributed by atoms with Crippen LogP contribution in [0.15, 0.2) is 34.5 Å². The summed E-state index contributed by atoms with van der Waals surface area (Å²) in [7, 11) is 1.55. The Morgan fingerprint density at radius 3 is 1.95 bits per heavy atom. The second-order valence-electron chi connectivity index (χ2n) is 4.41. The molecule has 0 saturated heterocycles. The van der Waals surface area contributed by atoms with Gasteiger partial charge in [-0.15, -0.1) is 0 Å². The first-order chi connectivity index (χ1) is 10.5. The van der Waals surface area contributed by atoms with Crippen LogP contribution in [-0.4, -0.2) is 37.8 Å². The topological polar surface area (TPSA) is 86.5 Å². The third-order valence-corrected chi connectivity index (χ3v) is 2.78. The van der Waals surface area contributed by atoms with Crippen LogP contribution in [0.3, 0.4) is 0 Å². The van der Waals surface area contributed by atoms with E-state index in [1.54, 1.807) is 45.2 Å². The number of azo groups is 1. The minimum atomic E-state index is -1.83. The van der Waals surface area contributed by atoms with Crippen molar-refractivity contribution < 1.29 is 23.8 Å². The number of ether oxygens (including phenoxy) is 3. The van der Waals surface area contributed by atoms with Crippen LogP contribution >= 0.6 is 0 Å². The third-order valence-electron chi connectivity index (χ3n) is 2.78. The van der Waals surface area contributed by atoms with Gasteiger partial charge in [-0.1, -0.05) is 0 Å². The summed E-state index contributed by atoms with van der Waals surface area (Å²) in [5.41, 5.74) is -1.35. The van der Waals surface area contributed by atoms with E-state index in [9.17, 15) is 9.59 Å². The number of hydrogen-bond donors (Lipinski definition) is 0. The largest absolute Gasteiger partial charge is 0.497 e. The second kappa shape index (κ2) is 8.11. The average Bonchev–Trinajstić information content (AvgIpc) is 2.53. The number of benzene rings is 1. The van der Waals surface area contributed by atoms with Crippen LogP contribution in [0.4, 0.5) is 5.69 Å². The first-order valence-electron chi connectivity index (χ1n) is 6.89. The van der Waals surface area contributed by atoms with Crippen molar-refractivity contribution in [2.45, 2.75) is 26.3 Å². The normalized spacial score (nSPS) is 11.3. The molecule has 0 atom stereocenters. The second-order valence-corrected chi connectivity index (χ2v) is 4.41. The third kappa shape index (κ3) is 4.28. The quantitative estimate of drug-likeness (QED) is 0.439. The van der Waals surface area contributed by atoms with Gasteiger partial charge in [-0.05, 0) is 45.0 Å². The van der Waals surface area contributed by atoms with E-state index >= 15 is 0 Å². The van der Waals surface area contributed by atoms with Crippen LogP contribution in [0.1, 0.15) is 20.8 Å². The van der Waals surface area contributed by atoms with E-state index < -0.39 is 17.5 Å². The van der Waals surface area contributed by atoms with Crippen molar-refractivity contribution in [2.24, 2.45) is 10.2 Å². The van der Waals surface area contributed by atoms with Gasteiger partial charge in [0.2, 0.25) is 0 Å². The average molecular weight is 308 g/mol. The molecule has 22 heavy (non-hydrogen) atoms. The Morgan fingerprint density at radius 2 is 1.55 bits per heavy atom. The number of methoxy groups -OCH3 is 1. The Kier molecular flexibility index (Phi) is 6.49. The first kappa shape index (κ1) is 17.6. The molecule has 0 N–H and O–H groups in total. The maximum absolute atomic E-state index is 12.0. The van der Waals surface area contributed by atoms with E-state index in [4.69, 9.17) is 14.2 Å². The van der Waals surface area contributed by atoms with Crippen molar-refractivity contribution in [3.8, 4) is 5.75 Å². The van der Waals surface area contributed by atoms with Crippen molar-refractivity contribution >= 4 is 17.6 Å². The molecule has 120 valence electrons. The molecule has 0 bridgehead atoms. The smallest absolute Gasteiger partial charge is 0.347 e. The number of nitrogens with zero attached hydrogens (tertiary/aromatic N) is 2. The molecular formula is C15H20N2O5. The van der Waals surface area contributed by atoms with E-state index in [0.717, 1.165) is 0 Å². The molecule has 0 fully saturated rings. The summed E-state index contributed by atoms with van der Waals surface area (Å²) in [6.07, 6.45) is 0. The van der Waals surface area contributed by atoms with Gasteiger partial charge in [0.15, 0.2) is 0 Å². The SMILES string of the molecule is CCOC(=O)C(C)(N=Nc1ccc(OC)cc1)C(=O)OCC. The molecule has 1 rings (SSSR count). The number of hydrogen-bond acceptors (Lipinski definition) is 7. The molecule has 0 amide bonds. The maximum atomic E-state index is 12.0. The lowest BCUT2D eigenvalue weighted by Crippen LogP contribution is -2.44. The fraction of sp³-hybridized carbons (Fsp3) is 0.467. The summed E-state index contributed by atoms with van der Waals surface area (Å²) < 4.78 is 14.8. The van der Waals surface area contributed by atoms with Gasteiger partial charge >= 0.3 is 11.9 Å². The lowest BCUT2D eigenvalue weighted by Gasteiger charge is -2.19. The summed E-state index contributed by atoms with van der Waals surface area (Å²) in [6, 6.07) is 6.69. The van der Waals surface area contributed by atoms with Gasteiger partial charge in [0.1, 0.15) is 5.75 Å². The molecule has 0 saturated carbocycles. The summed E-state index contributed by atoms with van der Waals surface area (Å²) >= 11 is 0. The molecule has 0 unspecified atom stereocenters. The molecule has 1 aromatic rings. The number of carbonyl (C=O) groups excluding carboxylic acids is 2. The lowest BCUT2D eigenvalue weighted by atomic mass is 10.1. The van der Waals surface area contributed by atoms with Crippen molar-refractivity contribution in [1.82, 2.24) is 0 Å². The van der Waals surface area contributed by atoms with Gasteiger partial charge < -0.3 is 14.2 Å². The monoisotopic (exact) mass is 308 g/mol. The van der Waals surface area contributed by atoms with Gasteiger partial charge in [-0.25, -0.2) is 9.59 Å². The maximum Gasteiger partial charge on any atom is 0.347 e. The molecule has 0 spiro atoms. The van der Waals surface area contributed by atoms with Crippen LogP contribution < -0.4 is 4.74 Å². The number of rotatable bonds is 7. The van der Waals surface area contributed by atoms with Crippen LogP contribution in [0.5, 0.6) is 5.75 Å². The Balaban J connectivity index is 3.02. The Bertz CT molecular complexity index is 521. The van der Waals surface area contributed by atoms with Gasteiger partial charge in [0, 0.05) is 0 Å². The van der Waals surface area contributed by atoms with Crippen molar-refractivity contribution in [3.63, 3.8) is 0 Å². The zero-order chi connectivity index (χ0) is 16.6. The van der Waals surface area contributed by atoms with Gasteiger partial charge in [-0.2, -0.15) is 10.2 Å². The Morgan fingerprint density at radius 1 is 1.05 bits per heavy atom. The molecule has 7 nitrogen and oxygen atoms in total. The van der Waals surface area contributed by atoms with Crippen LogP contribution in [0, 0.1) is 0 Å². The lowest BCUT2D eigenvalue weighted by molar-refractivity contribution is -0.163. The minimum Gasteiger partial charge on any atom is -0.497 e. The van der Waals surface area contributed by atoms with Crippen molar-refractivity contribution in [3.05, 3.63) is 24.3 Å². The molecule has 0 radical (unpaired) electrons. The van der Waals surface area contributed by atoms with Gasteiger partial charge in [0.25, 0.3) is 5.54 Å². The summed E-state index contributed by atoms with van der Waals surface area (Å²) in [5, 5.41) is 7.78. The summed E-state index contributed by atoms with van der Waals surface area (Å²) in [5.74, 6) is -0.936. The molecule has 0 heterocycles. The molecule has 0 aliphatic rings. The van der Waals surface area contributed by atoms with Crippen LogP contribution in [-0.2, 0) is 19.1 Å². The first-order valence-corrected chi connectivity index (χ1v) is 6.89. The van der Waals surface area contributed by atoms with E-state index in [-0.39, 0.29) is 13.2 Å². The highest BCUT2D eigenvalue weighted by Gasteiger charge is 2.45. The molecule has 0 aromatic heterocycles. The highest BCUT2D eigenvalue weighted by atomic mass is 16.6. The zero-order valence-corrected chi connectivity index (χ0v) is 13.2. The fourth-order valence-electron chi connectivity index (χ4n) is 1.51. The summed E-state index contributed by atoms with van der Waals surface area (Å²) in [4.78, 5) is 24.0. The van der Waals surface area contributed by atoms with Gasteiger partial charge in [0.05, 0.1) is 26.0 Å². The molecular weight excluding hydrogens is 288 g/mol. The molecule has 7 heteroatoms. The standard InChI is InChI=1S/C15H20N2O5/c1-5-21-13(18)15(3,14(19)22-6-2)17-16-11-7-9-12(20-4)10-8-11/h7-10H,5-6H2,1-4H3. The minimum absolute atomic E-state index is 0.131. The van der Waals surface area contributed by atoms with E-state index in [1.807, 2.05) is 0 Å². The van der Waals surface area contributed by atoms with Crippen LogP contribution in [0.2, 0.25) is 0 Å². The highest BCUT2D eigenvalue weighted by molar-refractivity contribution is 6.04. The molecule has 1 aromatic carbocycles. The van der Waals surface area contributed by atoms with E-state index in [2.05, 4.69) is 10.2 Å². The Hall–Kier alpha value is -2.44. The number of carbonyl (C=O) groups is 2.